The second-order valence-corrected chi connectivity index (χ2v) is 4.00. The highest BCUT2D eigenvalue weighted by molar-refractivity contribution is 6.31. The predicted octanol–water partition coefficient (Wildman–Crippen LogP) is 2.26. The maximum atomic E-state index is 10.8. The minimum absolute atomic E-state index is 0. The highest BCUT2D eigenvalue weighted by atomic mass is 35.5. The van der Waals surface area contributed by atoms with Crippen molar-refractivity contribution in [1.82, 2.24) is 4.98 Å². The Morgan fingerprint density at radius 3 is 2.67 bits per heavy atom. The van der Waals surface area contributed by atoms with Crippen molar-refractivity contribution in [3.8, 4) is 0 Å². The summed E-state index contributed by atoms with van der Waals surface area (Å²) in [6.45, 7) is 1.89. The molecular weight excluding hydrogens is 237 g/mol. The Hall–Kier alpha value is -0.800. The van der Waals surface area contributed by atoms with Gasteiger partial charge in [-0.2, -0.15) is 0 Å². The number of aliphatic carboxylic acids is 1. The van der Waals surface area contributed by atoms with Gasteiger partial charge < -0.3 is 5.11 Å². The van der Waals surface area contributed by atoms with E-state index in [0.29, 0.717) is 17.9 Å². The summed E-state index contributed by atoms with van der Waals surface area (Å²) in [7, 11) is 0. The molecule has 0 aliphatic heterocycles. The summed E-state index contributed by atoms with van der Waals surface area (Å²) in [5.41, 5.74) is 2.88. The number of nitrogens with zero attached hydrogens (tertiary/aromatic N) is 1. The van der Waals surface area contributed by atoms with E-state index in [0.717, 1.165) is 16.8 Å². The van der Waals surface area contributed by atoms with E-state index < -0.39 is 5.97 Å². The van der Waals surface area contributed by atoms with Crippen molar-refractivity contribution in [2.75, 3.05) is 0 Å². The van der Waals surface area contributed by atoms with Crippen molar-refractivity contribution in [2.24, 2.45) is 5.92 Å². The van der Waals surface area contributed by atoms with Crippen LogP contribution in [-0.2, 0) is 17.6 Å². The molecule has 82 valence electrons. The van der Waals surface area contributed by atoms with Gasteiger partial charge >= 0.3 is 5.97 Å². The number of halogens is 2. The van der Waals surface area contributed by atoms with Gasteiger partial charge in [-0.1, -0.05) is 11.6 Å². The van der Waals surface area contributed by atoms with Gasteiger partial charge in [0.2, 0.25) is 0 Å². The smallest absolute Gasteiger partial charge is 0.307 e. The quantitative estimate of drug-likeness (QED) is 0.829. The number of pyridine rings is 1. The van der Waals surface area contributed by atoms with Crippen LogP contribution in [0.4, 0.5) is 0 Å². The number of fused-ring (bicyclic) bond motifs is 1. The molecule has 15 heavy (non-hydrogen) atoms. The first-order valence-electron chi connectivity index (χ1n) is 4.45. The van der Waals surface area contributed by atoms with Gasteiger partial charge in [0.1, 0.15) is 0 Å². The number of carbonyl (C=O) groups is 1. The van der Waals surface area contributed by atoms with E-state index in [9.17, 15) is 4.79 Å². The van der Waals surface area contributed by atoms with E-state index in [2.05, 4.69) is 4.98 Å². The normalized spacial score (nSPS) is 18.1. The zero-order valence-corrected chi connectivity index (χ0v) is 9.73. The predicted molar refractivity (Wildman–Crippen MR) is 59.8 cm³/mol. The van der Waals surface area contributed by atoms with Crippen LogP contribution in [0, 0.1) is 12.8 Å². The molecule has 1 aliphatic rings. The number of rotatable bonds is 1. The Balaban J connectivity index is 0.00000112. The van der Waals surface area contributed by atoms with E-state index in [1.165, 1.54) is 0 Å². The average Bonchev–Trinajstić information content (AvgIpc) is 2.57. The monoisotopic (exact) mass is 247 g/mol. The first-order chi connectivity index (χ1) is 6.59. The maximum absolute atomic E-state index is 10.8. The minimum atomic E-state index is -0.753. The molecule has 1 N–H and O–H groups in total. The van der Waals surface area contributed by atoms with Crippen LogP contribution in [-0.4, -0.2) is 16.1 Å². The van der Waals surface area contributed by atoms with Gasteiger partial charge in [-0.15, -0.1) is 12.4 Å². The number of carboxylic acid groups (broad SMARTS) is 1. The Kier molecular flexibility index (Phi) is 3.58. The van der Waals surface area contributed by atoms with Crippen LogP contribution >= 0.6 is 24.0 Å². The second kappa shape index (κ2) is 4.37. The summed E-state index contributed by atoms with van der Waals surface area (Å²) in [5, 5.41) is 9.50. The number of hydrogen-bond acceptors (Lipinski definition) is 2. The third-order valence-electron chi connectivity index (χ3n) is 2.71. The van der Waals surface area contributed by atoms with Crippen molar-refractivity contribution in [3.05, 3.63) is 28.0 Å². The van der Waals surface area contributed by atoms with E-state index in [1.807, 2.05) is 6.92 Å². The number of hydrogen-bond donors (Lipinski definition) is 1. The zero-order chi connectivity index (χ0) is 10.3. The highest BCUT2D eigenvalue weighted by Crippen LogP contribution is 2.33. The number of aromatic nitrogens is 1. The van der Waals surface area contributed by atoms with Crippen LogP contribution in [0.15, 0.2) is 6.20 Å². The van der Waals surface area contributed by atoms with Gasteiger partial charge in [-0.05, 0) is 30.9 Å². The van der Waals surface area contributed by atoms with Crippen molar-refractivity contribution in [3.63, 3.8) is 0 Å². The Labute approximate surface area is 98.9 Å². The zero-order valence-electron chi connectivity index (χ0n) is 8.16. The molecule has 0 spiro atoms. The topological polar surface area (TPSA) is 50.2 Å². The third kappa shape index (κ3) is 2.08. The summed E-state index contributed by atoms with van der Waals surface area (Å²) in [6.07, 6.45) is 2.69. The Bertz CT molecular complexity index is 376. The van der Waals surface area contributed by atoms with Crippen LogP contribution in [0.2, 0.25) is 5.02 Å². The van der Waals surface area contributed by atoms with Gasteiger partial charge in [0.25, 0.3) is 0 Å². The summed E-state index contributed by atoms with van der Waals surface area (Å²) < 4.78 is 0. The van der Waals surface area contributed by atoms with E-state index in [-0.39, 0.29) is 18.3 Å². The first kappa shape index (κ1) is 12.3. The molecule has 0 bridgehead atoms. The summed E-state index contributed by atoms with van der Waals surface area (Å²) in [5.74, 6) is -1.08. The molecule has 0 saturated carbocycles. The van der Waals surface area contributed by atoms with Gasteiger partial charge in [-0.25, -0.2) is 0 Å². The first-order valence-corrected chi connectivity index (χ1v) is 4.83. The molecule has 5 heteroatoms. The van der Waals surface area contributed by atoms with Crippen LogP contribution in [0.25, 0.3) is 0 Å². The average molecular weight is 248 g/mol. The fourth-order valence-corrected chi connectivity index (χ4v) is 2.14. The SMILES string of the molecule is Cc1ncc(Cl)c2c1CC(C(=O)O)C2.Cl. The highest BCUT2D eigenvalue weighted by Gasteiger charge is 2.30. The standard InChI is InChI=1S/C10H10ClNO2.ClH/c1-5-7-2-6(10(13)14)3-8(7)9(11)4-12-5;/h4,6H,2-3H2,1H3,(H,13,14);1H. The van der Waals surface area contributed by atoms with Crippen LogP contribution < -0.4 is 0 Å². The number of aryl methyl sites for hydroxylation is 1. The molecule has 1 atom stereocenters. The van der Waals surface area contributed by atoms with Crippen molar-refractivity contribution >= 4 is 30.0 Å². The number of carboxylic acids is 1. The van der Waals surface area contributed by atoms with E-state index in [4.69, 9.17) is 16.7 Å². The molecule has 3 nitrogen and oxygen atoms in total. The van der Waals surface area contributed by atoms with E-state index >= 15 is 0 Å². The van der Waals surface area contributed by atoms with Gasteiger partial charge in [0, 0.05) is 11.9 Å². The Morgan fingerprint density at radius 2 is 2.13 bits per heavy atom. The van der Waals surface area contributed by atoms with E-state index in [1.54, 1.807) is 6.20 Å². The Morgan fingerprint density at radius 1 is 1.53 bits per heavy atom. The molecule has 2 rings (SSSR count). The molecule has 1 unspecified atom stereocenters. The lowest BCUT2D eigenvalue weighted by Crippen LogP contribution is -2.13. The van der Waals surface area contributed by atoms with Gasteiger partial charge in [0.05, 0.1) is 10.9 Å². The molecule has 1 aromatic heterocycles. The molecule has 0 fully saturated rings. The third-order valence-corrected chi connectivity index (χ3v) is 3.04. The fraction of sp³-hybridized carbons (Fsp3) is 0.400. The molecule has 1 heterocycles. The molecular formula is C10H11Cl2NO2. The van der Waals surface area contributed by atoms with Gasteiger partial charge in [-0.3, -0.25) is 9.78 Å². The molecule has 1 aliphatic carbocycles. The van der Waals surface area contributed by atoms with Crippen molar-refractivity contribution in [2.45, 2.75) is 19.8 Å². The lowest BCUT2D eigenvalue weighted by Gasteiger charge is -2.03. The lowest BCUT2D eigenvalue weighted by atomic mass is 10.1. The molecule has 0 saturated heterocycles. The molecule has 0 radical (unpaired) electrons. The second-order valence-electron chi connectivity index (χ2n) is 3.59. The summed E-state index contributed by atoms with van der Waals surface area (Å²) in [6, 6.07) is 0. The van der Waals surface area contributed by atoms with Crippen LogP contribution in [0.3, 0.4) is 0 Å². The van der Waals surface area contributed by atoms with Crippen LogP contribution in [0.5, 0.6) is 0 Å². The summed E-state index contributed by atoms with van der Waals surface area (Å²) >= 11 is 5.96. The summed E-state index contributed by atoms with van der Waals surface area (Å²) in [4.78, 5) is 14.9. The van der Waals surface area contributed by atoms with Gasteiger partial charge in [0.15, 0.2) is 0 Å². The lowest BCUT2D eigenvalue weighted by molar-refractivity contribution is -0.141. The molecule has 0 amide bonds. The molecule has 1 aromatic rings. The van der Waals surface area contributed by atoms with Crippen LogP contribution in [0.1, 0.15) is 16.8 Å². The van der Waals surface area contributed by atoms with Crippen molar-refractivity contribution in [1.29, 1.82) is 0 Å². The maximum Gasteiger partial charge on any atom is 0.307 e. The fourth-order valence-electron chi connectivity index (χ4n) is 1.90. The largest absolute Gasteiger partial charge is 0.481 e. The van der Waals surface area contributed by atoms with Crippen molar-refractivity contribution < 1.29 is 9.90 Å². The molecule has 0 aromatic carbocycles. The minimum Gasteiger partial charge on any atom is -0.481 e.